The molecule has 1 aliphatic rings. The molecular formula is C15H20BrN5. The number of hydrogen-bond acceptors (Lipinski definition) is 4. The smallest absolute Gasteiger partial charge is 0.152 e. The monoisotopic (exact) mass is 349 g/mol. The van der Waals surface area contributed by atoms with Crippen molar-refractivity contribution < 1.29 is 0 Å². The molecule has 0 radical (unpaired) electrons. The third kappa shape index (κ3) is 3.27. The molecule has 0 saturated carbocycles. The predicted octanol–water partition coefficient (Wildman–Crippen LogP) is 2.56. The largest absolute Gasteiger partial charge is 0.362 e. The number of nitrogens with zero attached hydrogens (tertiary/aromatic N) is 4. The molecule has 2 aromatic rings. The summed E-state index contributed by atoms with van der Waals surface area (Å²) >= 11 is 3.57. The molecule has 0 spiro atoms. The third-order valence-electron chi connectivity index (χ3n) is 3.72. The lowest BCUT2D eigenvalue weighted by atomic mass is 10.1. The average molecular weight is 350 g/mol. The topological polar surface area (TPSA) is 46.0 Å². The molecule has 2 heterocycles. The van der Waals surface area contributed by atoms with Crippen LogP contribution in [-0.4, -0.2) is 27.4 Å². The van der Waals surface area contributed by atoms with E-state index < -0.39 is 0 Å². The normalized spacial score (nSPS) is 14.6. The van der Waals surface area contributed by atoms with Gasteiger partial charge in [-0.15, -0.1) is 10.2 Å². The van der Waals surface area contributed by atoms with E-state index in [0.717, 1.165) is 36.5 Å². The first kappa shape index (κ1) is 14.5. The van der Waals surface area contributed by atoms with Crippen LogP contribution in [0.4, 0.5) is 5.69 Å². The van der Waals surface area contributed by atoms with E-state index in [-0.39, 0.29) is 0 Å². The molecule has 6 heteroatoms. The van der Waals surface area contributed by atoms with Crippen molar-refractivity contribution in [2.24, 2.45) is 0 Å². The van der Waals surface area contributed by atoms with Crippen molar-refractivity contribution in [1.82, 2.24) is 20.1 Å². The second kappa shape index (κ2) is 6.15. The Morgan fingerprint density at radius 3 is 3.00 bits per heavy atom. The third-order valence-corrected chi connectivity index (χ3v) is 4.22. The van der Waals surface area contributed by atoms with Crippen LogP contribution in [0.1, 0.15) is 25.2 Å². The van der Waals surface area contributed by atoms with Gasteiger partial charge in [0.05, 0.1) is 6.54 Å². The van der Waals surface area contributed by atoms with Crippen molar-refractivity contribution in [1.29, 1.82) is 0 Å². The fourth-order valence-electron chi connectivity index (χ4n) is 2.59. The molecule has 0 amide bonds. The van der Waals surface area contributed by atoms with Gasteiger partial charge in [0.15, 0.2) is 5.82 Å². The Balaban J connectivity index is 1.84. The SMILES string of the molecule is CC(C)NCc1cc(Br)ccc1N1CCn2cnnc2C1. The molecule has 1 aromatic carbocycles. The Morgan fingerprint density at radius 2 is 2.19 bits per heavy atom. The standard InChI is InChI=1S/C15H20BrN5/c1-11(2)17-8-12-7-13(16)3-4-14(12)20-5-6-21-10-18-19-15(21)9-20/h3-4,7,10-11,17H,5-6,8-9H2,1-2H3. The van der Waals surface area contributed by atoms with Gasteiger partial charge in [-0.25, -0.2) is 0 Å². The second-order valence-corrected chi connectivity index (χ2v) is 6.59. The van der Waals surface area contributed by atoms with Crippen molar-refractivity contribution in [3.8, 4) is 0 Å². The van der Waals surface area contributed by atoms with Crippen molar-refractivity contribution >= 4 is 21.6 Å². The molecule has 112 valence electrons. The van der Waals surface area contributed by atoms with E-state index in [1.54, 1.807) is 0 Å². The molecule has 0 fully saturated rings. The van der Waals surface area contributed by atoms with Gasteiger partial charge in [-0.3, -0.25) is 0 Å². The van der Waals surface area contributed by atoms with E-state index in [0.29, 0.717) is 6.04 Å². The Morgan fingerprint density at radius 1 is 1.33 bits per heavy atom. The Kier molecular flexibility index (Phi) is 4.26. The number of hydrogen-bond donors (Lipinski definition) is 1. The minimum absolute atomic E-state index is 0.473. The summed E-state index contributed by atoms with van der Waals surface area (Å²) in [6.07, 6.45) is 1.81. The van der Waals surface area contributed by atoms with Gasteiger partial charge in [-0.05, 0) is 23.8 Å². The van der Waals surface area contributed by atoms with Gasteiger partial charge in [0, 0.05) is 35.8 Å². The summed E-state index contributed by atoms with van der Waals surface area (Å²) in [6, 6.07) is 6.96. The van der Waals surface area contributed by atoms with Crippen molar-refractivity contribution in [2.45, 2.75) is 39.5 Å². The predicted molar refractivity (Wildman–Crippen MR) is 87.2 cm³/mol. The number of halogens is 1. The molecule has 1 N–H and O–H groups in total. The molecule has 1 aromatic heterocycles. The van der Waals surface area contributed by atoms with Crippen LogP contribution in [0.15, 0.2) is 29.0 Å². The quantitative estimate of drug-likeness (QED) is 0.921. The van der Waals surface area contributed by atoms with Gasteiger partial charge in [0.2, 0.25) is 0 Å². The zero-order valence-corrected chi connectivity index (χ0v) is 14.0. The van der Waals surface area contributed by atoms with Crippen LogP contribution in [0.25, 0.3) is 0 Å². The summed E-state index contributed by atoms with van der Waals surface area (Å²) in [6.45, 7) is 7.95. The Labute approximate surface area is 133 Å². The van der Waals surface area contributed by atoms with Crippen LogP contribution in [0.5, 0.6) is 0 Å². The molecule has 21 heavy (non-hydrogen) atoms. The molecule has 5 nitrogen and oxygen atoms in total. The number of anilines is 1. The van der Waals surface area contributed by atoms with Crippen LogP contribution < -0.4 is 10.2 Å². The summed E-state index contributed by atoms with van der Waals surface area (Å²) in [7, 11) is 0. The van der Waals surface area contributed by atoms with Gasteiger partial charge in [0.1, 0.15) is 6.33 Å². The lowest BCUT2D eigenvalue weighted by molar-refractivity contribution is 0.553. The van der Waals surface area contributed by atoms with Crippen LogP contribution in [0.3, 0.4) is 0 Å². The Hall–Kier alpha value is -1.40. The van der Waals surface area contributed by atoms with E-state index >= 15 is 0 Å². The first-order valence-electron chi connectivity index (χ1n) is 7.27. The highest BCUT2D eigenvalue weighted by Crippen LogP contribution is 2.27. The zero-order chi connectivity index (χ0) is 14.8. The van der Waals surface area contributed by atoms with Gasteiger partial charge in [-0.1, -0.05) is 29.8 Å². The lowest BCUT2D eigenvalue weighted by Crippen LogP contribution is -2.34. The second-order valence-electron chi connectivity index (χ2n) is 5.67. The summed E-state index contributed by atoms with van der Waals surface area (Å²) in [5, 5.41) is 11.7. The van der Waals surface area contributed by atoms with E-state index in [1.165, 1.54) is 11.3 Å². The molecule has 0 aliphatic carbocycles. The summed E-state index contributed by atoms with van der Waals surface area (Å²) in [4.78, 5) is 2.38. The van der Waals surface area contributed by atoms with Crippen LogP contribution in [-0.2, 0) is 19.6 Å². The number of nitrogens with one attached hydrogen (secondary N) is 1. The van der Waals surface area contributed by atoms with Gasteiger partial charge < -0.3 is 14.8 Å². The molecule has 1 aliphatic heterocycles. The maximum absolute atomic E-state index is 4.20. The molecular weight excluding hydrogens is 330 g/mol. The van der Waals surface area contributed by atoms with E-state index in [4.69, 9.17) is 0 Å². The minimum atomic E-state index is 0.473. The van der Waals surface area contributed by atoms with E-state index in [9.17, 15) is 0 Å². The fraction of sp³-hybridized carbons (Fsp3) is 0.467. The lowest BCUT2D eigenvalue weighted by Gasteiger charge is -2.31. The summed E-state index contributed by atoms with van der Waals surface area (Å²) < 4.78 is 3.24. The van der Waals surface area contributed by atoms with Crippen LogP contribution >= 0.6 is 15.9 Å². The van der Waals surface area contributed by atoms with Crippen LogP contribution in [0, 0.1) is 0 Å². The molecule has 0 bridgehead atoms. The van der Waals surface area contributed by atoms with E-state index in [1.807, 2.05) is 6.33 Å². The molecule has 0 unspecified atom stereocenters. The molecule has 3 rings (SSSR count). The fourth-order valence-corrected chi connectivity index (χ4v) is 3.00. The number of benzene rings is 1. The first-order chi connectivity index (χ1) is 10.1. The molecule has 0 saturated heterocycles. The maximum atomic E-state index is 4.20. The number of aromatic nitrogens is 3. The minimum Gasteiger partial charge on any atom is -0.362 e. The number of rotatable bonds is 4. The highest BCUT2D eigenvalue weighted by atomic mass is 79.9. The summed E-state index contributed by atoms with van der Waals surface area (Å²) in [5.74, 6) is 1.03. The zero-order valence-electron chi connectivity index (χ0n) is 12.4. The van der Waals surface area contributed by atoms with Gasteiger partial charge >= 0.3 is 0 Å². The van der Waals surface area contributed by atoms with Crippen molar-refractivity contribution in [3.05, 3.63) is 40.4 Å². The number of fused-ring (bicyclic) bond motifs is 1. The maximum Gasteiger partial charge on any atom is 0.152 e. The van der Waals surface area contributed by atoms with Gasteiger partial charge in [0.25, 0.3) is 0 Å². The van der Waals surface area contributed by atoms with Crippen molar-refractivity contribution in [2.75, 3.05) is 11.4 Å². The average Bonchev–Trinajstić information content (AvgIpc) is 2.92. The Bertz CT molecular complexity index is 622. The highest BCUT2D eigenvalue weighted by molar-refractivity contribution is 9.10. The van der Waals surface area contributed by atoms with Gasteiger partial charge in [-0.2, -0.15) is 0 Å². The summed E-state index contributed by atoms with van der Waals surface area (Å²) in [5.41, 5.74) is 2.59. The molecule has 0 atom stereocenters. The first-order valence-corrected chi connectivity index (χ1v) is 8.06. The highest BCUT2D eigenvalue weighted by Gasteiger charge is 2.19. The van der Waals surface area contributed by atoms with E-state index in [2.05, 4.69) is 73.0 Å². The van der Waals surface area contributed by atoms with Crippen LogP contribution in [0.2, 0.25) is 0 Å². The van der Waals surface area contributed by atoms with Crippen molar-refractivity contribution in [3.63, 3.8) is 0 Å².